The lowest BCUT2D eigenvalue weighted by molar-refractivity contribution is -0.137. The maximum Gasteiger partial charge on any atom is 0.416 e. The van der Waals surface area contributed by atoms with Gasteiger partial charge in [0.05, 0.1) is 11.3 Å². The molecule has 0 amide bonds. The second-order valence-electron chi connectivity index (χ2n) is 4.93. The second-order valence-corrected chi connectivity index (χ2v) is 4.93. The highest BCUT2D eigenvalue weighted by Gasteiger charge is 2.30. The first kappa shape index (κ1) is 15.6. The van der Waals surface area contributed by atoms with Gasteiger partial charge in [-0.3, -0.25) is 4.68 Å². The molecule has 2 aromatic rings. The molecule has 6 heteroatoms. The van der Waals surface area contributed by atoms with Crippen molar-refractivity contribution in [3.63, 3.8) is 0 Å². The van der Waals surface area contributed by atoms with Crippen LogP contribution in [0.3, 0.4) is 0 Å². The molecule has 0 bridgehead atoms. The molecular formula is C15H18F3N3. The van der Waals surface area contributed by atoms with Crippen LogP contribution in [0.25, 0.3) is 0 Å². The van der Waals surface area contributed by atoms with Crippen LogP contribution in [0.1, 0.15) is 29.3 Å². The molecule has 0 aliphatic heterocycles. The lowest BCUT2D eigenvalue weighted by Gasteiger charge is -2.09. The Morgan fingerprint density at radius 3 is 2.67 bits per heavy atom. The van der Waals surface area contributed by atoms with Gasteiger partial charge in [-0.25, -0.2) is 0 Å². The number of aryl methyl sites for hydroxylation is 2. The van der Waals surface area contributed by atoms with Gasteiger partial charge in [0.15, 0.2) is 0 Å². The Balaban J connectivity index is 1.97. The number of benzene rings is 1. The van der Waals surface area contributed by atoms with Crippen LogP contribution in [0.15, 0.2) is 30.5 Å². The molecule has 1 heterocycles. The van der Waals surface area contributed by atoms with E-state index in [2.05, 4.69) is 10.4 Å². The summed E-state index contributed by atoms with van der Waals surface area (Å²) in [5.41, 5.74) is 2.09. The van der Waals surface area contributed by atoms with E-state index < -0.39 is 11.7 Å². The predicted molar refractivity (Wildman–Crippen MR) is 74.6 cm³/mol. The van der Waals surface area contributed by atoms with Crippen molar-refractivity contribution in [1.82, 2.24) is 15.1 Å². The standard InChI is InChI=1S/C15H18F3N3/c1-3-14-12(10-21(2)20-14)9-19-8-11-5-4-6-13(7-11)15(16,17)18/h4-7,10,19H,3,8-9H2,1-2H3. The number of halogens is 3. The summed E-state index contributed by atoms with van der Waals surface area (Å²) in [6.45, 7) is 3.01. The SMILES string of the molecule is CCc1nn(C)cc1CNCc1cccc(C(F)(F)F)c1. The van der Waals surface area contributed by atoms with Gasteiger partial charge in [-0.2, -0.15) is 18.3 Å². The maximum absolute atomic E-state index is 12.6. The van der Waals surface area contributed by atoms with Crippen molar-refractivity contribution in [2.24, 2.45) is 7.05 Å². The third kappa shape index (κ3) is 4.07. The molecule has 0 unspecified atom stereocenters. The Morgan fingerprint density at radius 1 is 1.24 bits per heavy atom. The zero-order chi connectivity index (χ0) is 15.5. The molecule has 3 nitrogen and oxygen atoms in total. The van der Waals surface area contributed by atoms with E-state index in [9.17, 15) is 13.2 Å². The molecule has 0 atom stereocenters. The number of hydrogen-bond donors (Lipinski definition) is 1. The monoisotopic (exact) mass is 297 g/mol. The number of rotatable bonds is 5. The largest absolute Gasteiger partial charge is 0.416 e. The van der Waals surface area contributed by atoms with Crippen molar-refractivity contribution in [1.29, 1.82) is 0 Å². The smallest absolute Gasteiger partial charge is 0.308 e. The van der Waals surface area contributed by atoms with Crippen LogP contribution in [0.5, 0.6) is 0 Å². The van der Waals surface area contributed by atoms with E-state index in [1.165, 1.54) is 12.1 Å². The summed E-state index contributed by atoms with van der Waals surface area (Å²) in [5.74, 6) is 0. The van der Waals surface area contributed by atoms with Gasteiger partial charge in [0.2, 0.25) is 0 Å². The van der Waals surface area contributed by atoms with Gasteiger partial charge in [-0.15, -0.1) is 0 Å². The summed E-state index contributed by atoms with van der Waals surface area (Å²) in [7, 11) is 1.86. The van der Waals surface area contributed by atoms with E-state index in [-0.39, 0.29) is 0 Å². The van der Waals surface area contributed by atoms with Gasteiger partial charge in [-0.05, 0) is 18.1 Å². The van der Waals surface area contributed by atoms with Gasteiger partial charge in [0.25, 0.3) is 0 Å². The molecule has 0 aliphatic carbocycles. The topological polar surface area (TPSA) is 29.9 Å². The second kappa shape index (κ2) is 6.30. The molecule has 0 saturated heterocycles. The molecule has 0 aliphatic rings. The summed E-state index contributed by atoms with van der Waals surface area (Å²) < 4.78 is 39.6. The number of hydrogen-bond acceptors (Lipinski definition) is 2. The Kier molecular flexibility index (Phi) is 4.67. The van der Waals surface area contributed by atoms with Crippen LogP contribution in [0, 0.1) is 0 Å². The van der Waals surface area contributed by atoms with Gasteiger partial charge in [0, 0.05) is 31.9 Å². The zero-order valence-electron chi connectivity index (χ0n) is 12.0. The highest BCUT2D eigenvalue weighted by atomic mass is 19.4. The van der Waals surface area contributed by atoms with Crippen molar-refractivity contribution in [2.75, 3.05) is 0 Å². The summed E-state index contributed by atoms with van der Waals surface area (Å²) in [4.78, 5) is 0. The first-order chi connectivity index (χ1) is 9.90. The number of alkyl halides is 3. The molecule has 1 aromatic heterocycles. The van der Waals surface area contributed by atoms with E-state index in [0.717, 1.165) is 23.7 Å². The number of nitrogens with one attached hydrogen (secondary N) is 1. The Morgan fingerprint density at radius 2 is 2.00 bits per heavy atom. The Labute approximate surface area is 121 Å². The molecule has 0 fully saturated rings. The molecule has 2 rings (SSSR count). The van der Waals surface area contributed by atoms with Crippen molar-refractivity contribution in [3.05, 3.63) is 52.8 Å². The summed E-state index contributed by atoms with van der Waals surface area (Å²) in [5, 5.41) is 7.49. The molecule has 1 N–H and O–H groups in total. The van der Waals surface area contributed by atoms with Gasteiger partial charge < -0.3 is 5.32 Å². The van der Waals surface area contributed by atoms with Crippen LogP contribution >= 0.6 is 0 Å². The van der Waals surface area contributed by atoms with Crippen LogP contribution in [0.4, 0.5) is 13.2 Å². The Bertz CT molecular complexity index is 602. The highest BCUT2D eigenvalue weighted by Crippen LogP contribution is 2.29. The highest BCUT2D eigenvalue weighted by molar-refractivity contribution is 5.25. The molecule has 0 spiro atoms. The Hall–Kier alpha value is -1.82. The molecular weight excluding hydrogens is 279 g/mol. The fraction of sp³-hybridized carbons (Fsp3) is 0.400. The van der Waals surface area contributed by atoms with Crippen molar-refractivity contribution in [2.45, 2.75) is 32.6 Å². The lowest BCUT2D eigenvalue weighted by atomic mass is 10.1. The molecule has 0 saturated carbocycles. The van der Waals surface area contributed by atoms with Gasteiger partial charge in [0.1, 0.15) is 0 Å². The quantitative estimate of drug-likeness (QED) is 0.918. The first-order valence-electron chi connectivity index (χ1n) is 6.78. The lowest BCUT2D eigenvalue weighted by Crippen LogP contribution is -2.14. The number of nitrogens with zero attached hydrogens (tertiary/aromatic N) is 2. The van der Waals surface area contributed by atoms with E-state index >= 15 is 0 Å². The van der Waals surface area contributed by atoms with Gasteiger partial charge in [-0.1, -0.05) is 25.1 Å². The summed E-state index contributed by atoms with van der Waals surface area (Å²) >= 11 is 0. The van der Waals surface area contributed by atoms with Crippen molar-refractivity contribution in [3.8, 4) is 0 Å². The maximum atomic E-state index is 12.6. The van der Waals surface area contributed by atoms with E-state index in [4.69, 9.17) is 0 Å². The number of aromatic nitrogens is 2. The molecule has 114 valence electrons. The summed E-state index contributed by atoms with van der Waals surface area (Å²) in [6.07, 6.45) is -1.53. The van der Waals surface area contributed by atoms with E-state index in [0.29, 0.717) is 18.7 Å². The minimum atomic E-state index is -4.30. The predicted octanol–water partition coefficient (Wildman–Crippen LogP) is 3.29. The normalized spacial score (nSPS) is 11.9. The third-order valence-electron chi connectivity index (χ3n) is 3.23. The molecule has 0 radical (unpaired) electrons. The van der Waals surface area contributed by atoms with Crippen LogP contribution < -0.4 is 5.32 Å². The first-order valence-corrected chi connectivity index (χ1v) is 6.78. The zero-order valence-corrected chi connectivity index (χ0v) is 12.0. The van der Waals surface area contributed by atoms with Crippen molar-refractivity contribution < 1.29 is 13.2 Å². The summed E-state index contributed by atoms with van der Waals surface area (Å²) in [6, 6.07) is 5.38. The van der Waals surface area contributed by atoms with E-state index in [1.807, 2.05) is 20.2 Å². The van der Waals surface area contributed by atoms with Gasteiger partial charge >= 0.3 is 6.18 Å². The van der Waals surface area contributed by atoms with E-state index in [1.54, 1.807) is 10.7 Å². The molecule has 1 aromatic carbocycles. The fourth-order valence-electron chi connectivity index (χ4n) is 2.23. The van der Waals surface area contributed by atoms with Crippen molar-refractivity contribution >= 4 is 0 Å². The fourth-order valence-corrected chi connectivity index (χ4v) is 2.23. The average Bonchev–Trinajstić information content (AvgIpc) is 2.78. The third-order valence-corrected chi connectivity index (χ3v) is 3.23. The molecule has 21 heavy (non-hydrogen) atoms. The average molecular weight is 297 g/mol. The minimum absolute atomic E-state index is 0.391. The van der Waals surface area contributed by atoms with Crippen LogP contribution in [0.2, 0.25) is 0 Å². The minimum Gasteiger partial charge on any atom is -0.308 e. The van der Waals surface area contributed by atoms with Crippen LogP contribution in [-0.2, 0) is 32.7 Å². The van der Waals surface area contributed by atoms with Crippen LogP contribution in [-0.4, -0.2) is 9.78 Å².